The third kappa shape index (κ3) is 10.2. The maximum atomic E-state index is 12.3. The Kier molecular flexibility index (Phi) is 8.58. The molecule has 0 aliphatic heterocycles. The van der Waals surface area contributed by atoms with Gasteiger partial charge in [0.05, 0.1) is 0 Å². The molecule has 0 atom stereocenters. The van der Waals surface area contributed by atoms with E-state index in [4.69, 9.17) is 6.42 Å². The SMILES string of the molecule is C#CC/C=C\C(=C/CF)[I-]CNC(C)(C)C. The Labute approximate surface area is 109 Å². The molecule has 16 heavy (non-hydrogen) atoms. The Hall–Kier alpha value is -0.340. The van der Waals surface area contributed by atoms with Gasteiger partial charge in [0, 0.05) is 0 Å². The van der Waals surface area contributed by atoms with Crippen molar-refractivity contribution >= 4 is 0 Å². The second kappa shape index (κ2) is 8.77. The number of alkyl halides is 2. The first-order valence-corrected chi connectivity index (χ1v) is 7.80. The summed E-state index contributed by atoms with van der Waals surface area (Å²) in [5.74, 6) is 2.53. The summed E-state index contributed by atoms with van der Waals surface area (Å²) in [6.07, 6.45) is 11.3. The molecule has 0 aliphatic rings. The number of hydrogen-bond acceptors (Lipinski definition) is 1. The molecule has 0 aromatic carbocycles. The van der Waals surface area contributed by atoms with Crippen LogP contribution in [0.2, 0.25) is 0 Å². The van der Waals surface area contributed by atoms with Crippen LogP contribution in [0.3, 0.4) is 0 Å². The standard InChI is InChI=1S/C13H20FIN/c1-5-6-7-8-12(9-10-14)15-11-16-13(2,3)4/h1,7-9,16H,6,10-11H2,2-4H3/q-1/b8-7-,12-9+. The zero-order valence-corrected chi connectivity index (χ0v) is 12.3. The van der Waals surface area contributed by atoms with E-state index < -0.39 is 6.67 Å². The molecule has 0 aromatic rings. The summed E-state index contributed by atoms with van der Waals surface area (Å²) in [5, 5.41) is 3.41. The Bertz CT molecular complexity index is 281. The number of nitrogens with one attached hydrogen (secondary N) is 1. The number of hydrogen-bond donors (Lipinski definition) is 1. The van der Waals surface area contributed by atoms with Gasteiger partial charge in [-0.3, -0.25) is 0 Å². The zero-order valence-electron chi connectivity index (χ0n) is 10.2. The molecular formula is C13H20FIN-. The van der Waals surface area contributed by atoms with Crippen molar-refractivity contribution in [3.63, 3.8) is 0 Å². The van der Waals surface area contributed by atoms with E-state index in [2.05, 4.69) is 32.0 Å². The van der Waals surface area contributed by atoms with Gasteiger partial charge >= 0.3 is 109 Å². The molecule has 0 spiro atoms. The van der Waals surface area contributed by atoms with Crippen molar-refractivity contribution in [1.82, 2.24) is 5.32 Å². The van der Waals surface area contributed by atoms with E-state index in [1.54, 1.807) is 6.08 Å². The average Bonchev–Trinajstić information content (AvgIpc) is 2.16. The molecule has 0 heterocycles. The van der Waals surface area contributed by atoms with Crippen LogP contribution in [0.25, 0.3) is 0 Å². The third-order valence-electron chi connectivity index (χ3n) is 1.60. The normalized spacial score (nSPS) is 13.3. The fourth-order valence-corrected chi connectivity index (χ4v) is 3.55. The van der Waals surface area contributed by atoms with Crippen LogP contribution in [0.5, 0.6) is 0 Å². The molecule has 0 radical (unpaired) electrons. The number of halogens is 2. The quantitative estimate of drug-likeness (QED) is 0.234. The molecule has 0 aromatic heterocycles. The topological polar surface area (TPSA) is 12.0 Å². The summed E-state index contributed by atoms with van der Waals surface area (Å²) >= 11 is -0.177. The monoisotopic (exact) mass is 336 g/mol. The van der Waals surface area contributed by atoms with Crippen LogP contribution >= 0.6 is 0 Å². The first-order valence-electron chi connectivity index (χ1n) is 5.20. The number of allylic oxidation sites excluding steroid dienone is 4. The molecule has 0 bridgehead atoms. The van der Waals surface area contributed by atoms with E-state index in [-0.39, 0.29) is 26.7 Å². The van der Waals surface area contributed by atoms with Crippen molar-refractivity contribution in [3.05, 3.63) is 21.8 Å². The van der Waals surface area contributed by atoms with Crippen molar-refractivity contribution in [2.45, 2.75) is 32.7 Å². The summed E-state index contributed by atoms with van der Waals surface area (Å²) < 4.78 is 14.3. The molecule has 0 aliphatic carbocycles. The van der Waals surface area contributed by atoms with Gasteiger partial charge in [-0.25, -0.2) is 0 Å². The summed E-state index contributed by atoms with van der Waals surface area (Å²) in [5.41, 5.74) is 0.128. The van der Waals surface area contributed by atoms with E-state index in [0.717, 1.165) is 8.13 Å². The molecule has 3 heteroatoms. The van der Waals surface area contributed by atoms with E-state index in [9.17, 15) is 4.39 Å². The second-order valence-corrected chi connectivity index (χ2v) is 7.02. The Balaban J connectivity index is 4.06. The fraction of sp³-hybridized carbons (Fsp3) is 0.538. The minimum absolute atomic E-state index is 0.128. The summed E-state index contributed by atoms with van der Waals surface area (Å²) in [4.78, 5) is 0. The maximum absolute atomic E-state index is 12.3. The predicted molar refractivity (Wildman–Crippen MR) is 64.4 cm³/mol. The molecule has 1 N–H and O–H groups in total. The summed E-state index contributed by atoms with van der Waals surface area (Å²) in [6, 6.07) is 0. The van der Waals surface area contributed by atoms with Gasteiger partial charge in [-0.2, -0.15) is 0 Å². The van der Waals surface area contributed by atoms with E-state index in [1.165, 1.54) is 0 Å². The van der Waals surface area contributed by atoms with Gasteiger partial charge in [-0.15, -0.1) is 0 Å². The van der Waals surface area contributed by atoms with Crippen LogP contribution in [0.4, 0.5) is 4.39 Å². The van der Waals surface area contributed by atoms with Gasteiger partial charge < -0.3 is 0 Å². The van der Waals surface area contributed by atoms with Crippen LogP contribution in [0, 0.1) is 12.3 Å². The average molecular weight is 336 g/mol. The summed E-state index contributed by atoms with van der Waals surface area (Å²) in [7, 11) is 0. The molecule has 0 amide bonds. The van der Waals surface area contributed by atoms with Crippen LogP contribution in [-0.2, 0) is 0 Å². The van der Waals surface area contributed by atoms with Crippen molar-refractivity contribution in [2.75, 3.05) is 11.2 Å². The fourth-order valence-electron chi connectivity index (χ4n) is 0.791. The Morgan fingerprint density at radius 3 is 2.69 bits per heavy atom. The molecule has 0 saturated carbocycles. The zero-order chi connectivity index (χ0) is 12.4. The van der Waals surface area contributed by atoms with Crippen molar-refractivity contribution < 1.29 is 25.6 Å². The van der Waals surface area contributed by atoms with Crippen molar-refractivity contribution in [2.24, 2.45) is 0 Å². The van der Waals surface area contributed by atoms with E-state index in [0.29, 0.717) is 6.42 Å². The van der Waals surface area contributed by atoms with Gasteiger partial charge in [0.15, 0.2) is 0 Å². The molecule has 0 fully saturated rings. The number of rotatable bonds is 6. The van der Waals surface area contributed by atoms with Gasteiger partial charge in [-0.05, 0) is 0 Å². The molecule has 1 nitrogen and oxygen atoms in total. The van der Waals surface area contributed by atoms with Gasteiger partial charge in [0.25, 0.3) is 0 Å². The van der Waals surface area contributed by atoms with E-state index in [1.807, 2.05) is 12.2 Å². The van der Waals surface area contributed by atoms with Crippen LogP contribution in [-0.4, -0.2) is 16.8 Å². The molecule has 92 valence electrons. The molecule has 0 unspecified atom stereocenters. The Morgan fingerprint density at radius 2 is 2.19 bits per heavy atom. The first kappa shape index (κ1) is 15.7. The van der Waals surface area contributed by atoms with Gasteiger partial charge in [0.1, 0.15) is 0 Å². The van der Waals surface area contributed by atoms with Gasteiger partial charge in [-0.1, -0.05) is 0 Å². The molecule has 0 saturated heterocycles. The predicted octanol–water partition coefficient (Wildman–Crippen LogP) is -0.146. The second-order valence-electron chi connectivity index (χ2n) is 4.25. The summed E-state index contributed by atoms with van der Waals surface area (Å²) in [6.45, 7) is 5.99. The van der Waals surface area contributed by atoms with Crippen LogP contribution in [0.1, 0.15) is 27.2 Å². The molecule has 0 rings (SSSR count). The van der Waals surface area contributed by atoms with Crippen LogP contribution < -0.4 is 26.5 Å². The Morgan fingerprint density at radius 1 is 1.50 bits per heavy atom. The van der Waals surface area contributed by atoms with Crippen molar-refractivity contribution in [3.8, 4) is 12.3 Å². The van der Waals surface area contributed by atoms with Crippen LogP contribution in [0.15, 0.2) is 21.8 Å². The van der Waals surface area contributed by atoms with Gasteiger partial charge in [0.2, 0.25) is 0 Å². The first-order chi connectivity index (χ1) is 7.49. The third-order valence-corrected chi connectivity index (χ3v) is 4.05. The molecular weight excluding hydrogens is 316 g/mol. The number of terminal acetylenes is 1. The minimum atomic E-state index is -0.398. The van der Waals surface area contributed by atoms with Crippen molar-refractivity contribution in [1.29, 1.82) is 0 Å². The van der Waals surface area contributed by atoms with E-state index >= 15 is 0 Å².